The van der Waals surface area contributed by atoms with E-state index in [0.717, 1.165) is 0 Å². The van der Waals surface area contributed by atoms with Gasteiger partial charge in [0.2, 0.25) is 5.91 Å². The molecule has 0 saturated carbocycles. The van der Waals surface area contributed by atoms with E-state index in [1.165, 1.54) is 18.2 Å². The third-order valence-electron chi connectivity index (χ3n) is 3.05. The number of rotatable bonds is 6. The minimum atomic E-state index is -0.520. The number of carbonyl (C=O) groups excluding carboxylic acids is 2. The number of hydrogen-bond acceptors (Lipinski definition) is 4. The number of amides is 1. The Labute approximate surface area is 143 Å². The van der Waals surface area contributed by atoms with E-state index in [-0.39, 0.29) is 17.5 Å². The zero-order chi connectivity index (χ0) is 17.5. The maximum atomic E-state index is 13.1. The van der Waals surface area contributed by atoms with E-state index in [1.54, 1.807) is 31.2 Å². The first-order chi connectivity index (χ1) is 11.5. The molecular weight excluding hydrogens is 335 g/mol. The van der Waals surface area contributed by atoms with Crippen LogP contribution in [0.15, 0.2) is 42.5 Å². The molecule has 0 aliphatic heterocycles. The lowest BCUT2D eigenvalue weighted by Crippen LogP contribution is -2.21. The van der Waals surface area contributed by atoms with Crippen molar-refractivity contribution in [3.05, 3.63) is 58.9 Å². The van der Waals surface area contributed by atoms with Crippen molar-refractivity contribution in [3.8, 4) is 0 Å². The van der Waals surface area contributed by atoms with Gasteiger partial charge in [-0.3, -0.25) is 4.79 Å². The van der Waals surface area contributed by atoms with Crippen molar-refractivity contribution in [2.75, 3.05) is 23.8 Å². The molecule has 2 aromatic rings. The number of esters is 1. The van der Waals surface area contributed by atoms with Gasteiger partial charge in [-0.05, 0) is 49.4 Å². The van der Waals surface area contributed by atoms with E-state index in [0.29, 0.717) is 23.5 Å². The van der Waals surface area contributed by atoms with Crippen LogP contribution < -0.4 is 10.6 Å². The highest BCUT2D eigenvalue weighted by Gasteiger charge is 2.07. The molecule has 0 aliphatic carbocycles. The summed E-state index contributed by atoms with van der Waals surface area (Å²) in [6.07, 6.45) is 0. The molecular formula is C17H16ClFN2O3. The van der Waals surface area contributed by atoms with E-state index < -0.39 is 11.8 Å². The highest BCUT2D eigenvalue weighted by atomic mass is 35.5. The summed E-state index contributed by atoms with van der Waals surface area (Å²) in [6.45, 7) is 2.02. The summed E-state index contributed by atoms with van der Waals surface area (Å²) in [5.74, 6) is -1.22. The van der Waals surface area contributed by atoms with Crippen LogP contribution in [0.3, 0.4) is 0 Å². The van der Waals surface area contributed by atoms with Gasteiger partial charge in [0, 0.05) is 11.4 Å². The summed E-state index contributed by atoms with van der Waals surface area (Å²) in [5.41, 5.74) is 1.50. The molecule has 0 bridgehead atoms. The van der Waals surface area contributed by atoms with Gasteiger partial charge in [-0.1, -0.05) is 11.6 Å². The van der Waals surface area contributed by atoms with E-state index in [4.69, 9.17) is 16.3 Å². The maximum absolute atomic E-state index is 13.1. The number of hydrogen-bond donors (Lipinski definition) is 2. The Morgan fingerprint density at radius 2 is 1.79 bits per heavy atom. The van der Waals surface area contributed by atoms with Crippen LogP contribution in [-0.2, 0) is 9.53 Å². The largest absolute Gasteiger partial charge is 0.462 e. The second kappa shape index (κ2) is 8.31. The second-order valence-corrected chi connectivity index (χ2v) is 5.24. The van der Waals surface area contributed by atoms with Crippen LogP contribution in [0.1, 0.15) is 17.3 Å². The molecule has 0 saturated heterocycles. The van der Waals surface area contributed by atoms with Gasteiger partial charge >= 0.3 is 5.97 Å². The molecule has 0 radical (unpaired) electrons. The fourth-order valence-corrected chi connectivity index (χ4v) is 2.08. The highest BCUT2D eigenvalue weighted by Crippen LogP contribution is 2.19. The Bertz CT molecular complexity index is 735. The van der Waals surface area contributed by atoms with Crippen molar-refractivity contribution < 1.29 is 18.7 Å². The lowest BCUT2D eigenvalue weighted by atomic mass is 10.2. The smallest absolute Gasteiger partial charge is 0.338 e. The quantitative estimate of drug-likeness (QED) is 0.779. The van der Waals surface area contributed by atoms with Gasteiger partial charge < -0.3 is 15.4 Å². The molecule has 0 spiro atoms. The van der Waals surface area contributed by atoms with Crippen molar-refractivity contribution >= 4 is 34.9 Å². The first-order valence-electron chi connectivity index (χ1n) is 7.25. The SMILES string of the molecule is CCOC(=O)c1ccc(NC(=O)CNc2ccc(F)c(Cl)c2)cc1. The van der Waals surface area contributed by atoms with Crippen LogP contribution in [0.5, 0.6) is 0 Å². The lowest BCUT2D eigenvalue weighted by molar-refractivity contribution is -0.114. The van der Waals surface area contributed by atoms with Crippen LogP contribution in [0.25, 0.3) is 0 Å². The number of benzene rings is 2. The molecule has 2 N–H and O–H groups in total. The predicted molar refractivity (Wildman–Crippen MR) is 90.9 cm³/mol. The predicted octanol–water partition coefficient (Wildman–Crippen LogP) is 3.71. The zero-order valence-electron chi connectivity index (χ0n) is 12.9. The molecule has 0 aliphatic rings. The Hall–Kier alpha value is -2.60. The average molecular weight is 351 g/mol. The summed E-state index contributed by atoms with van der Waals surface area (Å²) >= 11 is 5.67. The van der Waals surface area contributed by atoms with Crippen molar-refractivity contribution in [3.63, 3.8) is 0 Å². The van der Waals surface area contributed by atoms with Gasteiger partial charge in [-0.25, -0.2) is 9.18 Å². The zero-order valence-corrected chi connectivity index (χ0v) is 13.7. The third kappa shape index (κ3) is 4.96. The molecule has 0 unspecified atom stereocenters. The summed E-state index contributed by atoms with van der Waals surface area (Å²) in [7, 11) is 0. The van der Waals surface area contributed by atoms with Gasteiger partial charge in [0.15, 0.2) is 0 Å². The van der Waals surface area contributed by atoms with E-state index in [9.17, 15) is 14.0 Å². The molecule has 2 rings (SSSR count). The summed E-state index contributed by atoms with van der Waals surface area (Å²) in [5, 5.41) is 5.50. The molecule has 126 valence electrons. The maximum Gasteiger partial charge on any atom is 0.338 e. The second-order valence-electron chi connectivity index (χ2n) is 4.83. The average Bonchev–Trinajstić information content (AvgIpc) is 2.57. The number of anilines is 2. The third-order valence-corrected chi connectivity index (χ3v) is 3.34. The summed E-state index contributed by atoms with van der Waals surface area (Å²) < 4.78 is 17.9. The van der Waals surface area contributed by atoms with Crippen molar-refractivity contribution in [2.24, 2.45) is 0 Å². The molecule has 0 atom stereocenters. The first-order valence-corrected chi connectivity index (χ1v) is 7.63. The van der Waals surface area contributed by atoms with E-state index >= 15 is 0 Å². The van der Waals surface area contributed by atoms with Crippen LogP contribution in [0.4, 0.5) is 15.8 Å². The fourth-order valence-electron chi connectivity index (χ4n) is 1.90. The van der Waals surface area contributed by atoms with Gasteiger partial charge in [0.1, 0.15) is 5.82 Å². The minimum Gasteiger partial charge on any atom is -0.462 e. The van der Waals surface area contributed by atoms with Gasteiger partial charge in [0.25, 0.3) is 0 Å². The summed E-state index contributed by atoms with van der Waals surface area (Å²) in [4.78, 5) is 23.4. The minimum absolute atomic E-state index is 0.0123. The van der Waals surface area contributed by atoms with Gasteiger partial charge in [0.05, 0.1) is 23.7 Å². The molecule has 0 aromatic heterocycles. The highest BCUT2D eigenvalue weighted by molar-refractivity contribution is 6.31. The molecule has 0 heterocycles. The van der Waals surface area contributed by atoms with Crippen LogP contribution in [-0.4, -0.2) is 25.0 Å². The monoisotopic (exact) mass is 350 g/mol. The van der Waals surface area contributed by atoms with E-state index in [2.05, 4.69) is 10.6 Å². The van der Waals surface area contributed by atoms with Crippen LogP contribution >= 0.6 is 11.6 Å². The molecule has 7 heteroatoms. The number of carbonyl (C=O) groups is 2. The molecule has 24 heavy (non-hydrogen) atoms. The van der Waals surface area contributed by atoms with Crippen molar-refractivity contribution in [1.29, 1.82) is 0 Å². The van der Waals surface area contributed by atoms with Crippen LogP contribution in [0.2, 0.25) is 5.02 Å². The molecule has 0 fully saturated rings. The number of nitrogens with one attached hydrogen (secondary N) is 2. The van der Waals surface area contributed by atoms with Crippen molar-refractivity contribution in [2.45, 2.75) is 6.92 Å². The number of ether oxygens (including phenoxy) is 1. The van der Waals surface area contributed by atoms with E-state index in [1.807, 2.05) is 0 Å². The Kier molecular flexibility index (Phi) is 6.14. The molecule has 5 nitrogen and oxygen atoms in total. The lowest BCUT2D eigenvalue weighted by Gasteiger charge is -2.09. The topological polar surface area (TPSA) is 67.4 Å². The van der Waals surface area contributed by atoms with Crippen LogP contribution in [0, 0.1) is 5.82 Å². The van der Waals surface area contributed by atoms with Gasteiger partial charge in [-0.2, -0.15) is 0 Å². The standard InChI is InChI=1S/C17H16ClFN2O3/c1-2-24-17(23)11-3-5-12(6-4-11)21-16(22)10-20-13-7-8-15(19)14(18)9-13/h3-9,20H,2,10H2,1H3,(H,21,22). The van der Waals surface area contributed by atoms with Gasteiger partial charge in [-0.15, -0.1) is 0 Å². The number of halogens is 2. The Morgan fingerprint density at radius 3 is 2.42 bits per heavy atom. The Balaban J connectivity index is 1.87. The Morgan fingerprint density at radius 1 is 1.12 bits per heavy atom. The first kappa shape index (κ1) is 17.7. The molecule has 1 amide bonds. The normalized spacial score (nSPS) is 10.1. The fraction of sp³-hybridized carbons (Fsp3) is 0.176. The molecule has 2 aromatic carbocycles. The summed E-state index contributed by atoms with van der Waals surface area (Å²) in [6, 6.07) is 10.5. The van der Waals surface area contributed by atoms with Crippen molar-refractivity contribution in [1.82, 2.24) is 0 Å².